The molecule has 1 aliphatic carbocycles. The minimum atomic E-state index is 0.659. The lowest BCUT2D eigenvalue weighted by Gasteiger charge is -2.21. The first-order valence-electron chi connectivity index (χ1n) is 6.09. The Morgan fingerprint density at radius 3 is 2.50 bits per heavy atom. The van der Waals surface area contributed by atoms with E-state index in [9.17, 15) is 0 Å². The summed E-state index contributed by atoms with van der Waals surface area (Å²) in [5.74, 6) is 2.41. The van der Waals surface area contributed by atoms with Crippen molar-refractivity contribution in [1.82, 2.24) is 5.32 Å². The van der Waals surface area contributed by atoms with E-state index in [0.717, 1.165) is 17.7 Å². The average Bonchev–Trinajstić information content (AvgIpc) is 2.67. The molecule has 0 heterocycles. The molecule has 0 aromatic rings. The summed E-state index contributed by atoms with van der Waals surface area (Å²) in [6, 6.07) is 0.659. The largest absolute Gasteiger partial charge is 0.313 e. The summed E-state index contributed by atoms with van der Waals surface area (Å²) in [5, 5.41) is 4.26. The molecule has 0 amide bonds. The van der Waals surface area contributed by atoms with Crippen molar-refractivity contribution in [1.29, 1.82) is 0 Å². The van der Waals surface area contributed by atoms with Gasteiger partial charge >= 0.3 is 0 Å². The SMILES string of the molecule is CCNC(C)C(C)SCC1CCCC1. The maximum Gasteiger partial charge on any atom is 0.0170 e. The van der Waals surface area contributed by atoms with Crippen LogP contribution in [0.4, 0.5) is 0 Å². The van der Waals surface area contributed by atoms with Crippen molar-refractivity contribution < 1.29 is 0 Å². The van der Waals surface area contributed by atoms with Crippen LogP contribution in [-0.4, -0.2) is 23.6 Å². The van der Waals surface area contributed by atoms with Crippen LogP contribution in [0.2, 0.25) is 0 Å². The summed E-state index contributed by atoms with van der Waals surface area (Å²) in [6.07, 6.45) is 5.91. The molecule has 0 radical (unpaired) electrons. The Balaban J connectivity index is 2.09. The molecule has 2 heteroatoms. The maximum absolute atomic E-state index is 3.50. The highest BCUT2D eigenvalue weighted by Crippen LogP contribution is 2.29. The monoisotopic (exact) mass is 215 g/mol. The first-order valence-corrected chi connectivity index (χ1v) is 7.14. The van der Waals surface area contributed by atoms with E-state index in [-0.39, 0.29) is 0 Å². The standard InChI is InChI=1S/C12H25NS/c1-4-13-10(2)11(3)14-9-12-7-5-6-8-12/h10-13H,4-9H2,1-3H3. The topological polar surface area (TPSA) is 12.0 Å². The zero-order valence-electron chi connectivity index (χ0n) is 9.88. The quantitative estimate of drug-likeness (QED) is 0.729. The van der Waals surface area contributed by atoms with E-state index in [0.29, 0.717) is 6.04 Å². The minimum absolute atomic E-state index is 0.659. The molecule has 1 fully saturated rings. The Bertz CT molecular complexity index is 143. The summed E-state index contributed by atoms with van der Waals surface area (Å²) in [5.41, 5.74) is 0. The van der Waals surface area contributed by atoms with Crippen molar-refractivity contribution in [3.63, 3.8) is 0 Å². The second-order valence-electron chi connectivity index (χ2n) is 4.54. The van der Waals surface area contributed by atoms with Crippen LogP contribution in [0.3, 0.4) is 0 Å². The van der Waals surface area contributed by atoms with Gasteiger partial charge in [0, 0.05) is 11.3 Å². The molecule has 2 unspecified atom stereocenters. The molecule has 1 saturated carbocycles. The molecule has 1 N–H and O–H groups in total. The van der Waals surface area contributed by atoms with Crippen LogP contribution < -0.4 is 5.32 Å². The van der Waals surface area contributed by atoms with Gasteiger partial charge in [-0.3, -0.25) is 0 Å². The number of nitrogens with one attached hydrogen (secondary N) is 1. The van der Waals surface area contributed by atoms with Gasteiger partial charge in [0.2, 0.25) is 0 Å². The van der Waals surface area contributed by atoms with Crippen molar-refractivity contribution in [3.05, 3.63) is 0 Å². The van der Waals surface area contributed by atoms with Gasteiger partial charge in [0.1, 0.15) is 0 Å². The molecule has 14 heavy (non-hydrogen) atoms. The highest BCUT2D eigenvalue weighted by Gasteiger charge is 2.18. The van der Waals surface area contributed by atoms with Gasteiger partial charge in [0.25, 0.3) is 0 Å². The van der Waals surface area contributed by atoms with Crippen LogP contribution in [0.25, 0.3) is 0 Å². The molecule has 2 atom stereocenters. The van der Waals surface area contributed by atoms with Crippen molar-refractivity contribution >= 4 is 11.8 Å². The fraction of sp³-hybridized carbons (Fsp3) is 1.00. The Morgan fingerprint density at radius 1 is 1.29 bits per heavy atom. The number of hydrogen-bond acceptors (Lipinski definition) is 2. The van der Waals surface area contributed by atoms with Gasteiger partial charge in [-0.1, -0.05) is 26.7 Å². The lowest BCUT2D eigenvalue weighted by Crippen LogP contribution is -2.34. The molecule has 1 aliphatic rings. The fourth-order valence-electron chi connectivity index (χ4n) is 2.10. The summed E-state index contributed by atoms with van der Waals surface area (Å²) in [4.78, 5) is 0. The Labute approximate surface area is 93.4 Å². The summed E-state index contributed by atoms with van der Waals surface area (Å²) in [6.45, 7) is 7.93. The van der Waals surface area contributed by atoms with Gasteiger partial charge < -0.3 is 5.32 Å². The van der Waals surface area contributed by atoms with Gasteiger partial charge in [-0.15, -0.1) is 0 Å². The molecule has 0 saturated heterocycles. The molecular formula is C12H25NS. The third kappa shape index (κ3) is 4.22. The van der Waals surface area contributed by atoms with Crippen molar-refractivity contribution in [2.75, 3.05) is 12.3 Å². The van der Waals surface area contributed by atoms with E-state index in [4.69, 9.17) is 0 Å². The molecule has 0 bridgehead atoms. The van der Waals surface area contributed by atoms with Gasteiger partial charge in [-0.2, -0.15) is 11.8 Å². The first-order chi connectivity index (χ1) is 6.74. The lowest BCUT2D eigenvalue weighted by atomic mass is 10.1. The van der Waals surface area contributed by atoms with Gasteiger partial charge in [0.15, 0.2) is 0 Å². The number of thioether (sulfide) groups is 1. The van der Waals surface area contributed by atoms with Crippen LogP contribution in [0.15, 0.2) is 0 Å². The number of rotatable bonds is 6. The molecule has 1 nitrogen and oxygen atoms in total. The Morgan fingerprint density at radius 2 is 1.93 bits per heavy atom. The summed E-state index contributed by atoms with van der Waals surface area (Å²) < 4.78 is 0. The molecule has 0 aliphatic heterocycles. The van der Waals surface area contributed by atoms with Crippen LogP contribution >= 0.6 is 11.8 Å². The Kier molecular flexibility index (Phi) is 5.95. The molecule has 0 aromatic carbocycles. The fourth-order valence-corrected chi connectivity index (χ4v) is 3.39. The van der Waals surface area contributed by atoms with Crippen molar-refractivity contribution in [2.45, 2.75) is 57.7 Å². The zero-order valence-corrected chi connectivity index (χ0v) is 10.7. The van der Waals surface area contributed by atoms with Crippen LogP contribution in [-0.2, 0) is 0 Å². The van der Waals surface area contributed by atoms with Crippen LogP contribution in [0.1, 0.15) is 46.5 Å². The molecular weight excluding hydrogens is 190 g/mol. The second-order valence-corrected chi connectivity index (χ2v) is 5.95. The van der Waals surface area contributed by atoms with E-state index in [1.807, 2.05) is 0 Å². The molecule has 0 spiro atoms. The summed E-state index contributed by atoms with van der Waals surface area (Å²) >= 11 is 2.16. The van der Waals surface area contributed by atoms with Crippen molar-refractivity contribution in [3.8, 4) is 0 Å². The minimum Gasteiger partial charge on any atom is -0.313 e. The third-order valence-corrected chi connectivity index (χ3v) is 4.90. The summed E-state index contributed by atoms with van der Waals surface area (Å²) in [7, 11) is 0. The van der Waals surface area contributed by atoms with Crippen LogP contribution in [0.5, 0.6) is 0 Å². The van der Waals surface area contributed by atoms with E-state index in [1.54, 1.807) is 0 Å². The van der Waals surface area contributed by atoms with E-state index >= 15 is 0 Å². The van der Waals surface area contributed by atoms with Gasteiger partial charge in [0.05, 0.1) is 0 Å². The zero-order chi connectivity index (χ0) is 10.4. The van der Waals surface area contributed by atoms with Gasteiger partial charge in [-0.05, 0) is 38.0 Å². The lowest BCUT2D eigenvalue weighted by molar-refractivity contribution is 0.559. The smallest absolute Gasteiger partial charge is 0.0170 e. The van der Waals surface area contributed by atoms with Crippen LogP contribution in [0, 0.1) is 5.92 Å². The molecule has 1 rings (SSSR count). The highest BCUT2D eigenvalue weighted by atomic mass is 32.2. The molecule has 84 valence electrons. The second kappa shape index (κ2) is 6.73. The third-order valence-electron chi connectivity index (χ3n) is 3.30. The average molecular weight is 215 g/mol. The van der Waals surface area contributed by atoms with E-state index in [1.165, 1.54) is 31.4 Å². The van der Waals surface area contributed by atoms with Crippen molar-refractivity contribution in [2.24, 2.45) is 5.92 Å². The predicted molar refractivity (Wildman–Crippen MR) is 67.0 cm³/mol. The predicted octanol–water partition coefficient (Wildman–Crippen LogP) is 3.30. The maximum atomic E-state index is 3.50. The normalized spacial score (nSPS) is 22.5. The first kappa shape index (κ1) is 12.4. The van der Waals surface area contributed by atoms with E-state index in [2.05, 4.69) is 37.8 Å². The highest BCUT2D eigenvalue weighted by molar-refractivity contribution is 7.99. The van der Waals surface area contributed by atoms with E-state index < -0.39 is 0 Å². The molecule has 0 aromatic heterocycles. The number of hydrogen-bond donors (Lipinski definition) is 1. The Hall–Kier alpha value is 0.310. The van der Waals surface area contributed by atoms with Gasteiger partial charge in [-0.25, -0.2) is 0 Å².